The standard InChI is InChI=1S/C11H8O4.K/c1-15-6-2-3-7-8(4-6)9(12)5-10(13)11(7)14;/h2-5,13H,1H3;/q;+1/p-1. The van der Waals surface area contributed by atoms with Gasteiger partial charge in [0.25, 0.3) is 0 Å². The first kappa shape index (κ1) is 13.6. The summed E-state index contributed by atoms with van der Waals surface area (Å²) in [6, 6.07) is 4.43. The fourth-order valence-corrected chi connectivity index (χ4v) is 1.45. The third-order valence-corrected chi connectivity index (χ3v) is 2.22. The predicted octanol–water partition coefficient (Wildman–Crippen LogP) is -2.68. The van der Waals surface area contributed by atoms with E-state index in [0.717, 1.165) is 6.08 Å². The monoisotopic (exact) mass is 242 g/mol. The Labute approximate surface area is 135 Å². The minimum atomic E-state index is -0.766. The smallest absolute Gasteiger partial charge is 0.870 e. The summed E-state index contributed by atoms with van der Waals surface area (Å²) in [5.41, 5.74) is 0.368. The van der Waals surface area contributed by atoms with Crippen LogP contribution in [-0.4, -0.2) is 18.7 Å². The Balaban J connectivity index is 0.00000128. The zero-order chi connectivity index (χ0) is 11.0. The molecule has 0 amide bonds. The zero-order valence-electron chi connectivity index (χ0n) is 8.94. The fraction of sp³-hybridized carbons (Fsp3) is 0.0909. The number of carbonyl (C=O) groups is 2. The van der Waals surface area contributed by atoms with Gasteiger partial charge in [-0.25, -0.2) is 0 Å². The summed E-state index contributed by atoms with van der Waals surface area (Å²) >= 11 is 0. The van der Waals surface area contributed by atoms with Crippen LogP contribution in [0.3, 0.4) is 0 Å². The van der Waals surface area contributed by atoms with Crippen molar-refractivity contribution in [1.29, 1.82) is 0 Å². The molecular weight excluding hydrogens is 235 g/mol. The molecule has 0 bridgehead atoms. The summed E-state index contributed by atoms with van der Waals surface area (Å²) < 4.78 is 4.93. The summed E-state index contributed by atoms with van der Waals surface area (Å²) in [6.07, 6.45) is 0.810. The van der Waals surface area contributed by atoms with E-state index < -0.39 is 17.3 Å². The Kier molecular flexibility index (Phi) is 4.46. The first-order valence-electron chi connectivity index (χ1n) is 4.29. The summed E-state index contributed by atoms with van der Waals surface area (Å²) in [6.45, 7) is 0. The molecule has 16 heavy (non-hydrogen) atoms. The van der Waals surface area contributed by atoms with Gasteiger partial charge in [0, 0.05) is 11.1 Å². The van der Waals surface area contributed by atoms with Crippen molar-refractivity contribution in [2.24, 2.45) is 0 Å². The third-order valence-electron chi connectivity index (χ3n) is 2.22. The Morgan fingerprint density at radius 3 is 2.50 bits per heavy atom. The van der Waals surface area contributed by atoms with Crippen molar-refractivity contribution in [1.82, 2.24) is 0 Å². The number of methoxy groups -OCH3 is 1. The van der Waals surface area contributed by atoms with Gasteiger partial charge in [0.2, 0.25) is 0 Å². The molecule has 0 heterocycles. The summed E-state index contributed by atoms with van der Waals surface area (Å²) in [5, 5.41) is 11.1. The van der Waals surface area contributed by atoms with Gasteiger partial charge in [-0.15, -0.1) is 0 Å². The van der Waals surface area contributed by atoms with E-state index >= 15 is 0 Å². The molecule has 0 unspecified atom stereocenters. The molecule has 0 N–H and O–H groups in total. The van der Waals surface area contributed by atoms with Crippen molar-refractivity contribution in [3.05, 3.63) is 41.2 Å². The van der Waals surface area contributed by atoms with Crippen LogP contribution in [0, 0.1) is 0 Å². The van der Waals surface area contributed by atoms with E-state index in [1.165, 1.54) is 19.2 Å². The van der Waals surface area contributed by atoms with E-state index in [0.29, 0.717) is 5.75 Å². The molecule has 76 valence electrons. The molecule has 1 aliphatic carbocycles. The van der Waals surface area contributed by atoms with Crippen LogP contribution in [0.4, 0.5) is 0 Å². The number of ketones is 2. The van der Waals surface area contributed by atoms with Gasteiger partial charge in [0.1, 0.15) is 5.75 Å². The average Bonchev–Trinajstić information content (AvgIpc) is 2.25. The molecule has 1 aromatic rings. The second-order valence-electron chi connectivity index (χ2n) is 3.11. The number of allylic oxidation sites excluding steroid dienone is 2. The van der Waals surface area contributed by atoms with Crippen molar-refractivity contribution in [3.8, 4) is 5.75 Å². The Morgan fingerprint density at radius 2 is 1.88 bits per heavy atom. The van der Waals surface area contributed by atoms with Crippen LogP contribution < -0.4 is 61.2 Å². The van der Waals surface area contributed by atoms with Gasteiger partial charge in [0.05, 0.1) is 7.11 Å². The molecule has 0 saturated carbocycles. The van der Waals surface area contributed by atoms with Crippen LogP contribution in [0.2, 0.25) is 0 Å². The average molecular weight is 242 g/mol. The van der Waals surface area contributed by atoms with E-state index in [9.17, 15) is 14.7 Å². The normalized spacial score (nSPS) is 13.7. The van der Waals surface area contributed by atoms with E-state index in [1.807, 2.05) is 0 Å². The summed E-state index contributed by atoms with van der Waals surface area (Å²) in [4.78, 5) is 22.8. The van der Waals surface area contributed by atoms with Crippen molar-refractivity contribution >= 4 is 11.6 Å². The molecule has 5 heteroatoms. The minimum Gasteiger partial charge on any atom is -0.870 e. The van der Waals surface area contributed by atoms with Crippen LogP contribution >= 0.6 is 0 Å². The number of hydrogen-bond acceptors (Lipinski definition) is 4. The number of Topliss-reactive ketones (excluding diaryl/α,β-unsaturated/α-hetero) is 1. The SMILES string of the molecule is COc1ccc2c(c1)C(=O)C=C([O-])C2=O.[K+]. The van der Waals surface area contributed by atoms with Crippen molar-refractivity contribution in [3.63, 3.8) is 0 Å². The molecule has 0 atom stereocenters. The molecule has 0 aromatic heterocycles. The molecule has 0 radical (unpaired) electrons. The number of benzene rings is 1. The van der Waals surface area contributed by atoms with Gasteiger partial charge < -0.3 is 9.84 Å². The number of carbonyl (C=O) groups excluding carboxylic acids is 2. The number of hydrogen-bond donors (Lipinski definition) is 0. The second kappa shape index (κ2) is 5.24. The van der Waals surface area contributed by atoms with Crippen LogP contribution in [-0.2, 0) is 0 Å². The first-order valence-corrected chi connectivity index (χ1v) is 4.29. The molecule has 0 spiro atoms. The van der Waals surface area contributed by atoms with Gasteiger partial charge in [-0.1, -0.05) is 5.76 Å². The van der Waals surface area contributed by atoms with Crippen molar-refractivity contribution < 1.29 is 70.8 Å². The predicted molar refractivity (Wildman–Crippen MR) is 49.7 cm³/mol. The van der Waals surface area contributed by atoms with Gasteiger partial charge in [-0.2, -0.15) is 0 Å². The Hall–Kier alpha value is -0.464. The van der Waals surface area contributed by atoms with E-state index in [1.54, 1.807) is 6.07 Å². The fourth-order valence-electron chi connectivity index (χ4n) is 1.45. The third kappa shape index (κ3) is 2.28. The molecular formula is C11H7KO4. The van der Waals surface area contributed by atoms with Crippen LogP contribution in [0.1, 0.15) is 20.7 Å². The number of fused-ring (bicyclic) bond motifs is 1. The molecule has 0 fully saturated rings. The van der Waals surface area contributed by atoms with Crippen LogP contribution in [0.5, 0.6) is 5.75 Å². The second-order valence-corrected chi connectivity index (χ2v) is 3.11. The Bertz CT molecular complexity index is 491. The van der Waals surface area contributed by atoms with Gasteiger partial charge >= 0.3 is 51.4 Å². The van der Waals surface area contributed by atoms with Crippen LogP contribution in [0.15, 0.2) is 30.0 Å². The number of rotatable bonds is 1. The molecule has 0 aliphatic heterocycles. The maximum Gasteiger partial charge on any atom is 1.00 e. The molecule has 2 rings (SSSR count). The van der Waals surface area contributed by atoms with Crippen LogP contribution in [0.25, 0.3) is 0 Å². The summed E-state index contributed by atoms with van der Waals surface area (Å²) in [5.74, 6) is -1.38. The largest absolute Gasteiger partial charge is 1.00 e. The number of ether oxygens (including phenoxy) is 1. The Morgan fingerprint density at radius 1 is 1.19 bits per heavy atom. The molecule has 0 saturated heterocycles. The molecule has 1 aliphatic rings. The zero-order valence-corrected chi connectivity index (χ0v) is 12.1. The molecule has 1 aromatic carbocycles. The molecule has 4 nitrogen and oxygen atoms in total. The van der Waals surface area contributed by atoms with E-state index in [4.69, 9.17) is 4.74 Å². The van der Waals surface area contributed by atoms with Gasteiger partial charge in [0.15, 0.2) is 11.6 Å². The van der Waals surface area contributed by atoms with Gasteiger partial charge in [-0.3, -0.25) is 9.59 Å². The van der Waals surface area contributed by atoms with Crippen molar-refractivity contribution in [2.45, 2.75) is 0 Å². The first-order chi connectivity index (χ1) is 7.13. The minimum absolute atomic E-state index is 0. The van der Waals surface area contributed by atoms with E-state index in [2.05, 4.69) is 0 Å². The van der Waals surface area contributed by atoms with E-state index in [-0.39, 0.29) is 62.5 Å². The maximum absolute atomic E-state index is 11.4. The van der Waals surface area contributed by atoms with Gasteiger partial charge in [-0.05, 0) is 24.3 Å². The van der Waals surface area contributed by atoms with Crippen molar-refractivity contribution in [2.75, 3.05) is 7.11 Å². The maximum atomic E-state index is 11.4. The topological polar surface area (TPSA) is 66.4 Å². The summed E-state index contributed by atoms with van der Waals surface area (Å²) in [7, 11) is 1.46. The quantitative estimate of drug-likeness (QED) is 0.503.